The molecule has 1 saturated heterocycles. The minimum Gasteiger partial charge on any atom is -0.494 e. The van der Waals surface area contributed by atoms with E-state index in [0.29, 0.717) is 13.2 Å². The standard InChI is InChI=1S/C19H26N4O3/c1-3-25-18-6-4-16(5-7-18)20-19(24)14-23-10-8-22(9-11-23)13-17-12-15(2)26-21-17/h4-7,12H,3,8-11,13-14H2,1-2H3,(H,20,24)/p+2. The molecule has 0 atom stereocenters. The Morgan fingerprint density at radius 1 is 1.19 bits per heavy atom. The van der Waals surface area contributed by atoms with Crippen LogP contribution in [-0.2, 0) is 11.3 Å². The summed E-state index contributed by atoms with van der Waals surface area (Å²) < 4.78 is 10.5. The first-order valence-corrected chi connectivity index (χ1v) is 9.24. The van der Waals surface area contributed by atoms with Crippen molar-refractivity contribution in [1.82, 2.24) is 5.16 Å². The van der Waals surface area contributed by atoms with Crippen LogP contribution in [0.5, 0.6) is 5.75 Å². The third-order valence-corrected chi connectivity index (χ3v) is 4.63. The van der Waals surface area contributed by atoms with Crippen LogP contribution >= 0.6 is 0 Å². The molecule has 7 nitrogen and oxygen atoms in total. The van der Waals surface area contributed by atoms with Gasteiger partial charge in [0.15, 0.2) is 6.54 Å². The maximum absolute atomic E-state index is 12.3. The van der Waals surface area contributed by atoms with Crippen molar-refractivity contribution in [3.05, 3.63) is 41.8 Å². The van der Waals surface area contributed by atoms with Gasteiger partial charge in [0, 0.05) is 11.8 Å². The lowest BCUT2D eigenvalue weighted by Gasteiger charge is -2.28. The van der Waals surface area contributed by atoms with Gasteiger partial charge in [-0.15, -0.1) is 0 Å². The number of hydrogen-bond donors (Lipinski definition) is 3. The minimum atomic E-state index is 0.0553. The molecule has 1 aliphatic heterocycles. The van der Waals surface area contributed by atoms with Crippen LogP contribution in [0.15, 0.2) is 34.9 Å². The summed E-state index contributed by atoms with van der Waals surface area (Å²) in [5.41, 5.74) is 1.82. The van der Waals surface area contributed by atoms with E-state index in [4.69, 9.17) is 9.26 Å². The number of rotatable bonds is 7. The van der Waals surface area contributed by atoms with Gasteiger partial charge in [-0.1, -0.05) is 5.16 Å². The van der Waals surface area contributed by atoms with Crippen LogP contribution in [0, 0.1) is 6.92 Å². The lowest BCUT2D eigenvalue weighted by atomic mass is 10.2. The summed E-state index contributed by atoms with van der Waals surface area (Å²) in [5.74, 6) is 1.73. The molecule has 0 aliphatic carbocycles. The maximum atomic E-state index is 12.3. The van der Waals surface area contributed by atoms with Gasteiger partial charge in [-0.25, -0.2) is 0 Å². The number of hydrogen-bond acceptors (Lipinski definition) is 4. The highest BCUT2D eigenvalue weighted by atomic mass is 16.5. The first-order chi connectivity index (χ1) is 12.6. The molecular weight excluding hydrogens is 332 g/mol. The Labute approximate surface area is 153 Å². The number of carbonyl (C=O) groups is 1. The number of nitrogens with zero attached hydrogens (tertiary/aromatic N) is 1. The summed E-state index contributed by atoms with van der Waals surface area (Å²) in [6.07, 6.45) is 0. The second-order valence-electron chi connectivity index (χ2n) is 6.79. The number of anilines is 1. The molecule has 7 heteroatoms. The number of benzene rings is 1. The average Bonchev–Trinajstić information content (AvgIpc) is 3.03. The topological polar surface area (TPSA) is 73.2 Å². The molecule has 1 amide bonds. The molecule has 1 aromatic heterocycles. The van der Waals surface area contributed by atoms with E-state index in [2.05, 4.69) is 10.5 Å². The summed E-state index contributed by atoms with van der Waals surface area (Å²) in [7, 11) is 0. The minimum absolute atomic E-state index is 0.0553. The second kappa shape index (κ2) is 8.82. The van der Waals surface area contributed by atoms with Gasteiger partial charge in [-0.2, -0.15) is 0 Å². The van der Waals surface area contributed by atoms with Crippen LogP contribution in [0.1, 0.15) is 18.4 Å². The van der Waals surface area contributed by atoms with Crippen molar-refractivity contribution in [3.63, 3.8) is 0 Å². The summed E-state index contributed by atoms with van der Waals surface area (Å²) in [6.45, 7) is 9.95. The monoisotopic (exact) mass is 360 g/mol. The second-order valence-corrected chi connectivity index (χ2v) is 6.79. The molecule has 1 fully saturated rings. The average molecular weight is 360 g/mol. The quantitative estimate of drug-likeness (QED) is 0.611. The van der Waals surface area contributed by atoms with E-state index in [9.17, 15) is 4.79 Å². The molecule has 1 aliphatic rings. The number of amides is 1. The first-order valence-electron chi connectivity index (χ1n) is 9.24. The van der Waals surface area contributed by atoms with E-state index < -0.39 is 0 Å². The summed E-state index contributed by atoms with van der Waals surface area (Å²) in [5, 5.41) is 7.03. The highest BCUT2D eigenvalue weighted by Crippen LogP contribution is 2.15. The lowest BCUT2D eigenvalue weighted by molar-refractivity contribution is -1.02. The normalized spacial score (nSPS) is 19.9. The predicted octanol–water partition coefficient (Wildman–Crippen LogP) is -0.696. The first kappa shape index (κ1) is 18.4. The van der Waals surface area contributed by atoms with Crippen molar-refractivity contribution in [1.29, 1.82) is 0 Å². The fourth-order valence-electron chi connectivity index (χ4n) is 3.30. The van der Waals surface area contributed by atoms with E-state index in [1.807, 2.05) is 44.2 Å². The van der Waals surface area contributed by atoms with Gasteiger partial charge in [-0.05, 0) is 38.1 Å². The molecule has 0 spiro atoms. The van der Waals surface area contributed by atoms with Gasteiger partial charge >= 0.3 is 0 Å². The van der Waals surface area contributed by atoms with Crippen molar-refractivity contribution in [2.24, 2.45) is 0 Å². The number of aromatic nitrogens is 1. The van der Waals surface area contributed by atoms with E-state index >= 15 is 0 Å². The largest absolute Gasteiger partial charge is 0.494 e. The number of aryl methyl sites for hydroxylation is 1. The van der Waals surface area contributed by atoms with Crippen LogP contribution in [0.3, 0.4) is 0 Å². The van der Waals surface area contributed by atoms with Gasteiger partial charge in [0.2, 0.25) is 0 Å². The third-order valence-electron chi connectivity index (χ3n) is 4.63. The van der Waals surface area contributed by atoms with Gasteiger partial charge in [0.1, 0.15) is 49.9 Å². The number of piperazine rings is 1. The van der Waals surface area contributed by atoms with Crippen LogP contribution in [0.2, 0.25) is 0 Å². The number of nitrogens with one attached hydrogen (secondary N) is 3. The van der Waals surface area contributed by atoms with Gasteiger partial charge in [-0.3, -0.25) is 4.79 Å². The van der Waals surface area contributed by atoms with Crippen LogP contribution < -0.4 is 19.9 Å². The number of quaternary nitrogens is 2. The molecule has 1 aromatic carbocycles. The molecule has 0 unspecified atom stereocenters. The molecule has 2 aromatic rings. The van der Waals surface area contributed by atoms with Crippen LogP contribution in [-0.4, -0.2) is 50.4 Å². The Kier molecular flexibility index (Phi) is 6.25. The summed E-state index contributed by atoms with van der Waals surface area (Å²) >= 11 is 0. The van der Waals surface area contributed by atoms with Gasteiger partial charge in [0.25, 0.3) is 5.91 Å². The molecule has 0 saturated carbocycles. The van der Waals surface area contributed by atoms with Crippen molar-refractivity contribution in [3.8, 4) is 5.75 Å². The van der Waals surface area contributed by atoms with Gasteiger partial charge < -0.3 is 24.4 Å². The number of ether oxygens (including phenoxy) is 1. The molecule has 2 heterocycles. The Morgan fingerprint density at radius 3 is 2.50 bits per heavy atom. The van der Waals surface area contributed by atoms with Crippen molar-refractivity contribution >= 4 is 11.6 Å². The Morgan fingerprint density at radius 2 is 1.88 bits per heavy atom. The Balaban J connectivity index is 1.40. The zero-order valence-electron chi connectivity index (χ0n) is 15.5. The zero-order valence-corrected chi connectivity index (χ0v) is 15.5. The Bertz CT molecular complexity index is 706. The van der Waals surface area contributed by atoms with Crippen molar-refractivity contribution < 1.29 is 23.9 Å². The summed E-state index contributed by atoms with van der Waals surface area (Å²) in [4.78, 5) is 15.1. The fraction of sp³-hybridized carbons (Fsp3) is 0.474. The zero-order chi connectivity index (χ0) is 18.4. The number of carbonyl (C=O) groups excluding carboxylic acids is 1. The molecular formula is C19H28N4O3+2. The SMILES string of the molecule is CCOc1ccc(NC(=O)C[NH+]2CC[NH+](Cc3cc(C)on3)CC2)cc1. The van der Waals surface area contributed by atoms with E-state index in [0.717, 1.165) is 55.6 Å². The highest BCUT2D eigenvalue weighted by molar-refractivity contribution is 5.91. The highest BCUT2D eigenvalue weighted by Gasteiger charge is 2.25. The Hall–Kier alpha value is -2.38. The van der Waals surface area contributed by atoms with Crippen molar-refractivity contribution in [2.45, 2.75) is 20.4 Å². The molecule has 26 heavy (non-hydrogen) atoms. The predicted molar refractivity (Wildman–Crippen MR) is 97.4 cm³/mol. The molecule has 0 bridgehead atoms. The molecule has 0 radical (unpaired) electrons. The fourth-order valence-corrected chi connectivity index (χ4v) is 3.30. The summed E-state index contributed by atoms with van der Waals surface area (Å²) in [6, 6.07) is 9.50. The van der Waals surface area contributed by atoms with E-state index in [1.165, 1.54) is 9.80 Å². The van der Waals surface area contributed by atoms with Crippen LogP contribution in [0.4, 0.5) is 5.69 Å². The third kappa shape index (κ3) is 5.31. The van der Waals surface area contributed by atoms with E-state index in [1.54, 1.807) is 0 Å². The molecule has 3 rings (SSSR count). The van der Waals surface area contributed by atoms with E-state index in [-0.39, 0.29) is 5.91 Å². The van der Waals surface area contributed by atoms with Crippen LogP contribution in [0.25, 0.3) is 0 Å². The molecule has 3 N–H and O–H groups in total. The lowest BCUT2D eigenvalue weighted by Crippen LogP contribution is -3.28. The molecule has 140 valence electrons. The smallest absolute Gasteiger partial charge is 0.279 e. The van der Waals surface area contributed by atoms with Gasteiger partial charge in [0.05, 0.1) is 6.61 Å². The maximum Gasteiger partial charge on any atom is 0.279 e. The van der Waals surface area contributed by atoms with Crippen molar-refractivity contribution in [2.75, 3.05) is 44.6 Å².